The van der Waals surface area contributed by atoms with Gasteiger partial charge in [0.2, 0.25) is 0 Å². The molecular formula is C5H14NO3S. The first kappa shape index (κ1) is 8.29. The number of hydrogen-bond donors (Lipinski definition) is 4. The lowest BCUT2D eigenvalue weighted by Crippen LogP contribution is -2.42. The summed E-state index contributed by atoms with van der Waals surface area (Å²) in [6, 6.07) is 0. The van der Waals surface area contributed by atoms with Gasteiger partial charge in [-0.25, -0.2) is 5.11 Å². The van der Waals surface area contributed by atoms with Crippen LogP contribution in [0, 0.1) is 0 Å². The van der Waals surface area contributed by atoms with Crippen LogP contribution in [-0.2, 0) is 5.11 Å². The molecule has 1 aliphatic heterocycles. The molecule has 0 atom stereocenters. The normalized spacial score (nSPS) is 34.1. The van der Waals surface area contributed by atoms with E-state index in [9.17, 15) is 14.2 Å². The van der Waals surface area contributed by atoms with Crippen molar-refractivity contribution < 1.29 is 14.2 Å². The van der Waals surface area contributed by atoms with E-state index < -0.39 is 15.7 Å². The van der Waals surface area contributed by atoms with Crippen molar-refractivity contribution >= 4 is 9.72 Å². The molecule has 1 radical (unpaired) electrons. The summed E-state index contributed by atoms with van der Waals surface area (Å²) in [5.41, 5.74) is 0. The Morgan fingerprint density at radius 2 is 1.80 bits per heavy atom. The van der Waals surface area contributed by atoms with Crippen molar-refractivity contribution in [2.75, 3.05) is 30.5 Å². The molecule has 0 aromatic heterocycles. The van der Waals surface area contributed by atoms with Gasteiger partial charge in [-0.05, 0) is 0 Å². The third kappa shape index (κ3) is 1.62. The molecule has 0 aromatic carbocycles. The second-order valence-electron chi connectivity index (χ2n) is 2.94. The summed E-state index contributed by atoms with van der Waals surface area (Å²) in [5, 5.41) is 13.4. The van der Waals surface area contributed by atoms with Gasteiger partial charge in [0, 0.05) is 24.6 Å². The largest absolute Gasteiger partial charge is 0.327 e. The third-order valence-corrected chi connectivity index (χ3v) is 5.02. The molecule has 1 heterocycles. The van der Waals surface area contributed by atoms with Crippen LogP contribution in [0.5, 0.6) is 0 Å². The zero-order valence-corrected chi connectivity index (χ0v) is 6.68. The fourth-order valence-electron chi connectivity index (χ4n) is 1.04. The maximum atomic E-state index is 10.5. The van der Waals surface area contributed by atoms with Gasteiger partial charge in [-0.2, -0.15) is 0 Å². The Labute approximate surface area is 60.6 Å². The van der Waals surface area contributed by atoms with E-state index in [0.29, 0.717) is 13.1 Å². The highest BCUT2D eigenvalue weighted by Gasteiger charge is 2.30. The van der Waals surface area contributed by atoms with Crippen molar-refractivity contribution in [3.63, 3.8) is 0 Å². The lowest BCUT2D eigenvalue weighted by Gasteiger charge is -2.58. The average molecular weight is 168 g/mol. The lowest BCUT2D eigenvalue weighted by molar-refractivity contribution is 0.228. The van der Waals surface area contributed by atoms with Crippen LogP contribution in [-0.4, -0.2) is 39.6 Å². The van der Waals surface area contributed by atoms with Crippen molar-refractivity contribution in [1.29, 1.82) is 0 Å². The van der Waals surface area contributed by atoms with Crippen LogP contribution in [0.25, 0.3) is 0 Å². The molecule has 1 aliphatic rings. The molecule has 0 amide bonds. The summed E-state index contributed by atoms with van der Waals surface area (Å²) in [6.45, 7) is 1.13. The molecular weight excluding hydrogens is 154 g/mol. The van der Waals surface area contributed by atoms with Crippen LogP contribution < -0.4 is 5.32 Å². The van der Waals surface area contributed by atoms with E-state index in [4.69, 9.17) is 0 Å². The summed E-state index contributed by atoms with van der Waals surface area (Å²) in [6.07, 6.45) is 0. The minimum absolute atomic E-state index is 0.259. The third-order valence-electron chi connectivity index (χ3n) is 1.91. The van der Waals surface area contributed by atoms with Crippen molar-refractivity contribution in [3.05, 3.63) is 0 Å². The predicted molar refractivity (Wildman–Crippen MR) is 42.4 cm³/mol. The Hall–Kier alpha value is 0.190. The van der Waals surface area contributed by atoms with Gasteiger partial charge < -0.3 is 14.4 Å². The van der Waals surface area contributed by atoms with Crippen LogP contribution in [0.1, 0.15) is 0 Å². The van der Waals surface area contributed by atoms with Crippen molar-refractivity contribution in [2.45, 2.75) is 0 Å². The summed E-state index contributed by atoms with van der Waals surface area (Å²) in [7, 11) is -3.69. The molecule has 5 heteroatoms. The summed E-state index contributed by atoms with van der Waals surface area (Å²) in [5.74, 6) is -0.183. The summed E-state index contributed by atoms with van der Waals surface area (Å²) >= 11 is 0. The van der Waals surface area contributed by atoms with Crippen LogP contribution >= 0.6 is 9.72 Å². The van der Waals surface area contributed by atoms with Crippen LogP contribution in [0.3, 0.4) is 0 Å². The molecule has 63 valence electrons. The van der Waals surface area contributed by atoms with Gasteiger partial charge in [0.1, 0.15) is 5.94 Å². The zero-order chi connectivity index (χ0) is 7.69. The maximum absolute atomic E-state index is 10.5. The molecule has 0 saturated carbocycles. The van der Waals surface area contributed by atoms with Crippen molar-refractivity contribution in [2.24, 2.45) is 0 Å². The van der Waals surface area contributed by atoms with E-state index in [1.165, 1.54) is 0 Å². The highest BCUT2D eigenvalue weighted by Crippen LogP contribution is 2.60. The molecule has 0 unspecified atom stereocenters. The monoisotopic (exact) mass is 168 g/mol. The highest BCUT2D eigenvalue weighted by atomic mass is 32.3. The predicted octanol–water partition coefficient (Wildman–Crippen LogP) is -0.00380. The molecule has 1 saturated heterocycles. The molecule has 0 bridgehead atoms. The van der Waals surface area contributed by atoms with Crippen molar-refractivity contribution in [1.82, 2.24) is 5.32 Å². The molecule has 0 aliphatic carbocycles. The van der Waals surface area contributed by atoms with Crippen LogP contribution in [0.15, 0.2) is 0 Å². The first-order valence-electron chi connectivity index (χ1n) is 3.34. The van der Waals surface area contributed by atoms with Gasteiger partial charge in [-0.3, -0.25) is 9.72 Å². The quantitative estimate of drug-likeness (QED) is 0.416. The van der Waals surface area contributed by atoms with E-state index >= 15 is 0 Å². The molecule has 1 fully saturated rings. The fourth-order valence-corrected chi connectivity index (χ4v) is 2.87. The standard InChI is InChI=1S/C5H14NO3S/c7-5-10(8,9)3-1-6-2-4-10/h6,8-10H,1-5H2. The second kappa shape index (κ2) is 2.35. The van der Waals surface area contributed by atoms with E-state index in [1.54, 1.807) is 0 Å². The minimum atomic E-state index is -3.69. The van der Waals surface area contributed by atoms with Crippen LogP contribution in [0.4, 0.5) is 0 Å². The van der Waals surface area contributed by atoms with E-state index in [1.807, 2.05) is 0 Å². The highest BCUT2D eigenvalue weighted by molar-refractivity contribution is 8.40. The zero-order valence-electron chi connectivity index (χ0n) is 5.79. The Balaban J connectivity index is 2.63. The lowest BCUT2D eigenvalue weighted by atomic mass is 10.6. The van der Waals surface area contributed by atoms with Crippen LogP contribution in [0.2, 0.25) is 0 Å². The molecule has 4 nitrogen and oxygen atoms in total. The van der Waals surface area contributed by atoms with Gasteiger partial charge >= 0.3 is 0 Å². The Bertz CT molecular complexity index is 129. The Morgan fingerprint density at radius 1 is 1.30 bits per heavy atom. The van der Waals surface area contributed by atoms with Gasteiger partial charge in [0.05, 0.1) is 0 Å². The fraction of sp³-hybridized carbons (Fsp3) is 1.00. The van der Waals surface area contributed by atoms with Gasteiger partial charge in [0.25, 0.3) is 0 Å². The molecule has 0 spiro atoms. The first-order valence-corrected chi connectivity index (χ1v) is 6.04. The maximum Gasteiger partial charge on any atom is 0.142 e. The number of thiol groups is 1. The first-order chi connectivity index (χ1) is 4.55. The SMILES string of the molecule is [O]C[SH]1(O)(O)CCNCC1. The van der Waals surface area contributed by atoms with E-state index in [0.717, 1.165) is 0 Å². The smallest absolute Gasteiger partial charge is 0.142 e. The Kier molecular flexibility index (Phi) is 1.95. The van der Waals surface area contributed by atoms with Gasteiger partial charge in [-0.1, -0.05) is 0 Å². The molecule has 0 aromatic rings. The average Bonchev–Trinajstić information content (AvgIpc) is 1.89. The minimum Gasteiger partial charge on any atom is -0.327 e. The molecule has 3 N–H and O–H groups in total. The van der Waals surface area contributed by atoms with E-state index in [2.05, 4.69) is 5.32 Å². The second-order valence-corrected chi connectivity index (χ2v) is 7.31. The molecule has 10 heavy (non-hydrogen) atoms. The van der Waals surface area contributed by atoms with Gasteiger partial charge in [-0.15, -0.1) is 0 Å². The number of nitrogens with one attached hydrogen (secondary N) is 1. The summed E-state index contributed by atoms with van der Waals surface area (Å²) < 4.78 is 19.0. The summed E-state index contributed by atoms with van der Waals surface area (Å²) in [4.78, 5) is 0. The van der Waals surface area contributed by atoms with Gasteiger partial charge in [0.15, 0.2) is 0 Å². The van der Waals surface area contributed by atoms with Crippen molar-refractivity contribution in [3.8, 4) is 0 Å². The number of rotatable bonds is 1. The topological polar surface area (TPSA) is 72.4 Å². The molecule has 1 rings (SSSR count). The number of hydrogen-bond acceptors (Lipinski definition) is 3. The Morgan fingerprint density at radius 3 is 2.10 bits per heavy atom. The van der Waals surface area contributed by atoms with E-state index in [-0.39, 0.29) is 11.5 Å².